The fraction of sp³-hybridized carbons (Fsp3) is 0.381. The summed E-state index contributed by atoms with van der Waals surface area (Å²) in [4.78, 5) is 22.7. The Morgan fingerprint density at radius 3 is 2.26 bits per heavy atom. The van der Waals surface area contributed by atoms with Crippen LogP contribution in [0.3, 0.4) is 0 Å². The average Bonchev–Trinajstić information content (AvgIpc) is 2.81. The summed E-state index contributed by atoms with van der Waals surface area (Å²) in [6.45, 7) is 4.81. The smallest absolute Gasteiger partial charge is 0.416 e. The van der Waals surface area contributed by atoms with E-state index >= 15 is 0 Å². The molecule has 11 nitrogen and oxygen atoms in total. The third-order valence-electron chi connectivity index (χ3n) is 5.35. The zero-order valence-corrected chi connectivity index (χ0v) is 18.8. The summed E-state index contributed by atoms with van der Waals surface area (Å²) in [6, 6.07) is 5.65. The van der Waals surface area contributed by atoms with Crippen LogP contribution in [0.15, 0.2) is 35.4 Å². The molecule has 0 aliphatic carbocycles. The summed E-state index contributed by atoms with van der Waals surface area (Å²) in [5.41, 5.74) is -0.560. The number of nitrogens with zero attached hydrogens (tertiary/aromatic N) is 4. The SMILES string of the molecule is COc1ccc(/C(C)=N/Nc2c([N+](=O)[O-])cc(C(F)(F)F)cc2[N+](=O)[O-])cc1CN1CCOCC1. The van der Waals surface area contributed by atoms with E-state index in [2.05, 4.69) is 15.4 Å². The topological polar surface area (TPSA) is 132 Å². The highest BCUT2D eigenvalue weighted by atomic mass is 19.4. The minimum Gasteiger partial charge on any atom is -0.496 e. The molecule has 35 heavy (non-hydrogen) atoms. The quantitative estimate of drug-likeness (QED) is 0.326. The van der Waals surface area contributed by atoms with Gasteiger partial charge in [0, 0.05) is 37.3 Å². The lowest BCUT2D eigenvalue weighted by Crippen LogP contribution is -2.35. The Morgan fingerprint density at radius 1 is 1.14 bits per heavy atom. The Hall–Kier alpha value is -3.78. The van der Waals surface area contributed by atoms with Gasteiger partial charge < -0.3 is 9.47 Å². The first-order valence-electron chi connectivity index (χ1n) is 10.3. The van der Waals surface area contributed by atoms with Crippen molar-refractivity contribution in [2.24, 2.45) is 5.10 Å². The number of anilines is 1. The number of ether oxygens (including phenoxy) is 2. The summed E-state index contributed by atoms with van der Waals surface area (Å²) in [6.07, 6.45) is -5.01. The van der Waals surface area contributed by atoms with Gasteiger partial charge in [0.1, 0.15) is 5.75 Å². The molecule has 0 aromatic heterocycles. The monoisotopic (exact) mass is 497 g/mol. The van der Waals surface area contributed by atoms with Crippen LogP contribution in [0.4, 0.5) is 30.2 Å². The molecule has 2 aromatic rings. The van der Waals surface area contributed by atoms with Crippen molar-refractivity contribution < 1.29 is 32.5 Å². The van der Waals surface area contributed by atoms with Crippen molar-refractivity contribution in [3.05, 3.63) is 67.3 Å². The number of halogens is 3. The van der Waals surface area contributed by atoms with Gasteiger partial charge >= 0.3 is 17.6 Å². The van der Waals surface area contributed by atoms with E-state index in [1.54, 1.807) is 25.1 Å². The van der Waals surface area contributed by atoms with Crippen molar-refractivity contribution in [1.29, 1.82) is 0 Å². The number of nitro groups is 2. The van der Waals surface area contributed by atoms with Crippen molar-refractivity contribution in [3.8, 4) is 5.75 Å². The summed E-state index contributed by atoms with van der Waals surface area (Å²) in [7, 11) is 1.53. The Bertz CT molecular complexity index is 1110. The molecular formula is C21H22F3N5O6. The third-order valence-corrected chi connectivity index (χ3v) is 5.35. The summed E-state index contributed by atoms with van der Waals surface area (Å²) in [5.74, 6) is 0.634. The maximum Gasteiger partial charge on any atom is 0.416 e. The molecule has 0 spiro atoms. The second kappa shape index (κ2) is 10.7. The molecule has 0 bridgehead atoms. The van der Waals surface area contributed by atoms with Crippen LogP contribution in [0.1, 0.15) is 23.6 Å². The van der Waals surface area contributed by atoms with Gasteiger partial charge in [-0.2, -0.15) is 18.3 Å². The standard InChI is InChI=1S/C21H22F3N5O6/c1-13(14-3-4-19(34-2)15(9-14)12-27-5-7-35-8-6-27)25-26-20-17(28(30)31)10-16(21(22,23)24)11-18(20)29(32)33/h3-4,9-11,26H,5-8,12H2,1-2H3/b25-13+. The summed E-state index contributed by atoms with van der Waals surface area (Å²) in [5, 5.41) is 26.8. The van der Waals surface area contributed by atoms with E-state index in [0.29, 0.717) is 36.8 Å². The van der Waals surface area contributed by atoms with E-state index in [-0.39, 0.29) is 12.1 Å². The molecule has 0 atom stereocenters. The minimum absolute atomic E-state index is 0.230. The zero-order valence-electron chi connectivity index (χ0n) is 18.8. The molecular weight excluding hydrogens is 475 g/mol. The number of hydrogen-bond donors (Lipinski definition) is 1. The highest BCUT2D eigenvalue weighted by Crippen LogP contribution is 2.41. The van der Waals surface area contributed by atoms with E-state index in [0.717, 1.165) is 18.7 Å². The lowest BCUT2D eigenvalue weighted by Gasteiger charge is -2.27. The second-order valence-corrected chi connectivity index (χ2v) is 7.63. The number of morpholine rings is 1. The predicted octanol–water partition coefficient (Wildman–Crippen LogP) is 4.20. The summed E-state index contributed by atoms with van der Waals surface area (Å²) >= 11 is 0. The number of alkyl halides is 3. The van der Waals surface area contributed by atoms with E-state index in [1.807, 2.05) is 0 Å². The molecule has 188 valence electrons. The number of rotatable bonds is 8. The van der Waals surface area contributed by atoms with Crippen LogP contribution in [0.25, 0.3) is 0 Å². The minimum atomic E-state index is -5.01. The van der Waals surface area contributed by atoms with Crippen LogP contribution in [0.5, 0.6) is 5.75 Å². The maximum absolute atomic E-state index is 13.1. The number of nitrogens with one attached hydrogen (secondary N) is 1. The maximum atomic E-state index is 13.1. The molecule has 1 aliphatic rings. The number of nitro benzene ring substituents is 2. The third kappa shape index (κ3) is 6.22. The molecule has 0 unspecified atom stereocenters. The number of methoxy groups -OCH3 is 1. The number of benzene rings is 2. The van der Waals surface area contributed by atoms with Gasteiger partial charge in [0.05, 0.1) is 41.4 Å². The van der Waals surface area contributed by atoms with Gasteiger partial charge in [-0.15, -0.1) is 0 Å². The van der Waals surface area contributed by atoms with Crippen molar-refractivity contribution in [2.45, 2.75) is 19.6 Å². The molecule has 1 N–H and O–H groups in total. The Labute approximate surface area is 197 Å². The first-order chi connectivity index (χ1) is 16.5. The van der Waals surface area contributed by atoms with Gasteiger partial charge in [-0.25, -0.2) is 0 Å². The van der Waals surface area contributed by atoms with Gasteiger partial charge in [-0.05, 0) is 30.7 Å². The van der Waals surface area contributed by atoms with Gasteiger partial charge in [-0.1, -0.05) is 0 Å². The Kier molecular flexibility index (Phi) is 7.86. The van der Waals surface area contributed by atoms with E-state index in [4.69, 9.17) is 9.47 Å². The molecule has 1 aliphatic heterocycles. The van der Waals surface area contributed by atoms with Gasteiger partial charge in [0.2, 0.25) is 5.69 Å². The van der Waals surface area contributed by atoms with Crippen LogP contribution in [-0.4, -0.2) is 53.9 Å². The summed E-state index contributed by atoms with van der Waals surface area (Å²) < 4.78 is 50.1. The van der Waals surface area contributed by atoms with Crippen LogP contribution in [0.2, 0.25) is 0 Å². The molecule has 3 rings (SSSR count). The second-order valence-electron chi connectivity index (χ2n) is 7.63. The Balaban J connectivity index is 1.95. The van der Waals surface area contributed by atoms with Crippen LogP contribution >= 0.6 is 0 Å². The largest absolute Gasteiger partial charge is 0.496 e. The zero-order chi connectivity index (χ0) is 25.8. The average molecular weight is 497 g/mol. The number of hydrogen-bond acceptors (Lipinski definition) is 9. The van der Waals surface area contributed by atoms with Crippen LogP contribution < -0.4 is 10.2 Å². The molecule has 0 amide bonds. The van der Waals surface area contributed by atoms with Crippen molar-refractivity contribution in [2.75, 3.05) is 38.8 Å². The van der Waals surface area contributed by atoms with E-state index < -0.39 is 38.6 Å². The first kappa shape index (κ1) is 25.8. The highest BCUT2D eigenvalue weighted by Gasteiger charge is 2.37. The normalized spacial score (nSPS) is 15.1. The fourth-order valence-electron chi connectivity index (χ4n) is 3.51. The molecule has 0 saturated carbocycles. The van der Waals surface area contributed by atoms with Crippen LogP contribution in [-0.2, 0) is 17.5 Å². The lowest BCUT2D eigenvalue weighted by molar-refractivity contribution is -0.392. The van der Waals surface area contributed by atoms with Gasteiger partial charge in [0.25, 0.3) is 0 Å². The molecule has 2 aromatic carbocycles. The highest BCUT2D eigenvalue weighted by molar-refractivity contribution is 5.99. The molecule has 1 fully saturated rings. The predicted molar refractivity (Wildman–Crippen MR) is 120 cm³/mol. The number of hydrazone groups is 1. The van der Waals surface area contributed by atoms with Gasteiger partial charge in [0.15, 0.2) is 0 Å². The lowest BCUT2D eigenvalue weighted by atomic mass is 10.1. The Morgan fingerprint density at radius 2 is 1.74 bits per heavy atom. The molecule has 1 heterocycles. The fourth-order valence-corrected chi connectivity index (χ4v) is 3.51. The van der Waals surface area contributed by atoms with Gasteiger partial charge in [-0.3, -0.25) is 30.6 Å². The van der Waals surface area contributed by atoms with E-state index in [9.17, 15) is 33.4 Å². The van der Waals surface area contributed by atoms with Crippen molar-refractivity contribution in [1.82, 2.24) is 4.90 Å². The van der Waals surface area contributed by atoms with Crippen molar-refractivity contribution >= 4 is 22.8 Å². The van der Waals surface area contributed by atoms with E-state index in [1.165, 1.54) is 7.11 Å². The van der Waals surface area contributed by atoms with Crippen LogP contribution in [0, 0.1) is 20.2 Å². The van der Waals surface area contributed by atoms with Crippen molar-refractivity contribution in [3.63, 3.8) is 0 Å². The first-order valence-corrected chi connectivity index (χ1v) is 10.3. The molecule has 14 heteroatoms. The molecule has 1 saturated heterocycles. The molecule has 0 radical (unpaired) electrons.